The number of carbonyl (C=O) groups excluding carboxylic acids is 1. The molecule has 0 bridgehead atoms. The van der Waals surface area contributed by atoms with E-state index in [-0.39, 0.29) is 17.7 Å². The van der Waals surface area contributed by atoms with Crippen LogP contribution in [0.1, 0.15) is 84.6 Å². The Balaban J connectivity index is 1.40. The van der Waals surface area contributed by atoms with Gasteiger partial charge < -0.3 is 18.8 Å². The molecule has 9 heteroatoms. The van der Waals surface area contributed by atoms with Gasteiger partial charge in [0, 0.05) is 28.2 Å². The van der Waals surface area contributed by atoms with Crippen LogP contribution >= 0.6 is 11.3 Å². The lowest BCUT2D eigenvalue weighted by Gasteiger charge is -2.27. The van der Waals surface area contributed by atoms with Crippen molar-refractivity contribution in [2.45, 2.75) is 64.8 Å². The molecule has 0 saturated heterocycles. The van der Waals surface area contributed by atoms with E-state index in [2.05, 4.69) is 48.7 Å². The maximum atomic E-state index is 14.6. The molecule has 7 rings (SSSR count). The van der Waals surface area contributed by atoms with Gasteiger partial charge >= 0.3 is 5.97 Å². The average molecular weight is 702 g/mol. The van der Waals surface area contributed by atoms with Crippen LogP contribution in [-0.4, -0.2) is 35.9 Å². The van der Waals surface area contributed by atoms with E-state index < -0.39 is 12.0 Å². The molecular weight excluding hydrogens is 659 g/mol. The van der Waals surface area contributed by atoms with Crippen molar-refractivity contribution in [2.24, 2.45) is 4.99 Å². The van der Waals surface area contributed by atoms with Crippen LogP contribution in [0.2, 0.25) is 0 Å². The minimum Gasteiger partial charge on any atom is -0.493 e. The molecule has 1 saturated carbocycles. The predicted molar refractivity (Wildman–Crippen MR) is 202 cm³/mol. The van der Waals surface area contributed by atoms with Crippen molar-refractivity contribution in [1.29, 1.82) is 0 Å². The number of carbonyl (C=O) groups is 1. The number of aromatic nitrogens is 2. The number of nitrogens with zero attached hydrogens (tertiary/aromatic N) is 3. The maximum Gasteiger partial charge on any atom is 0.338 e. The summed E-state index contributed by atoms with van der Waals surface area (Å²) in [6, 6.07) is 25.2. The fraction of sp³-hybridized carbons (Fsp3) is 0.310. The summed E-state index contributed by atoms with van der Waals surface area (Å²) in [7, 11) is 3.11. The van der Waals surface area contributed by atoms with E-state index in [1.807, 2.05) is 48.5 Å². The molecule has 0 amide bonds. The molecule has 8 nitrogen and oxygen atoms in total. The number of aryl methyl sites for hydroxylation is 1. The number of esters is 1. The van der Waals surface area contributed by atoms with E-state index in [0.29, 0.717) is 38.0 Å². The second kappa shape index (κ2) is 14.6. The van der Waals surface area contributed by atoms with Gasteiger partial charge in [0.1, 0.15) is 6.04 Å². The molecule has 1 atom stereocenters. The number of hydrogen-bond donors (Lipinski definition) is 0. The Morgan fingerprint density at radius 2 is 1.69 bits per heavy atom. The monoisotopic (exact) mass is 701 g/mol. The summed E-state index contributed by atoms with van der Waals surface area (Å²) < 4.78 is 21.5. The molecule has 1 fully saturated rings. The molecule has 2 aromatic heterocycles. The summed E-state index contributed by atoms with van der Waals surface area (Å²) in [5.41, 5.74) is 7.34. The standard InChI is InChI=1S/C42H43N3O5S/c1-6-50-41(47)36-37(30-16-11-8-12-17-30)43-42-45(38(36)33-18-13-19-34(48-4)39(33)49-5)40(46)35(51-42)25-31-24-26(2)44(27(31)3)32-22-20-29(21-23-32)28-14-9-7-10-15-28/h8,11-13,16-25,28,38H,6-7,9-10,14-15H2,1-5H3. The zero-order chi connectivity index (χ0) is 35.6. The Kier molecular flexibility index (Phi) is 9.82. The molecule has 0 spiro atoms. The van der Waals surface area contributed by atoms with Gasteiger partial charge in [0.05, 0.1) is 36.6 Å². The predicted octanol–water partition coefficient (Wildman–Crippen LogP) is 7.41. The normalized spacial score (nSPS) is 16.5. The number of hydrogen-bond acceptors (Lipinski definition) is 7. The number of fused-ring (bicyclic) bond motifs is 1. The lowest BCUT2D eigenvalue weighted by Crippen LogP contribution is -2.40. The SMILES string of the molecule is CCOC(=O)C1=C(c2ccccc2)N=c2sc(=Cc3cc(C)n(-c4ccc(C5CCCCC5)cc4)c3C)c(=O)n2C1c1cccc(OC)c1OC. The first-order valence-corrected chi connectivity index (χ1v) is 18.4. The summed E-state index contributed by atoms with van der Waals surface area (Å²) in [5.74, 6) is 1.00. The van der Waals surface area contributed by atoms with E-state index >= 15 is 0 Å². The second-order valence-corrected chi connectivity index (χ2v) is 14.1. The highest BCUT2D eigenvalue weighted by atomic mass is 32.1. The average Bonchev–Trinajstić information content (AvgIpc) is 3.63. The van der Waals surface area contributed by atoms with Gasteiger partial charge in [0.15, 0.2) is 16.3 Å². The highest BCUT2D eigenvalue weighted by Gasteiger charge is 2.37. The molecule has 2 aliphatic rings. The summed E-state index contributed by atoms with van der Waals surface area (Å²) in [6.45, 7) is 6.10. The van der Waals surface area contributed by atoms with Crippen LogP contribution in [-0.2, 0) is 9.53 Å². The van der Waals surface area contributed by atoms with Crippen molar-refractivity contribution in [3.8, 4) is 17.2 Å². The number of methoxy groups -OCH3 is 2. The number of benzene rings is 3. The van der Waals surface area contributed by atoms with E-state index in [4.69, 9.17) is 19.2 Å². The first-order valence-electron chi connectivity index (χ1n) is 17.6. The van der Waals surface area contributed by atoms with E-state index in [1.54, 1.807) is 31.8 Å². The topological polar surface area (TPSA) is 84.1 Å². The maximum absolute atomic E-state index is 14.6. The number of rotatable bonds is 9. The van der Waals surface area contributed by atoms with Crippen LogP contribution < -0.4 is 24.4 Å². The summed E-state index contributed by atoms with van der Waals surface area (Å²) in [5, 5.41) is 0. The van der Waals surface area contributed by atoms with Crippen molar-refractivity contribution < 1.29 is 19.0 Å². The third-order valence-corrected chi connectivity index (χ3v) is 11.1. The van der Waals surface area contributed by atoms with Crippen LogP contribution in [0.5, 0.6) is 11.5 Å². The van der Waals surface area contributed by atoms with Gasteiger partial charge in [0.25, 0.3) is 5.56 Å². The van der Waals surface area contributed by atoms with E-state index in [1.165, 1.54) is 49.0 Å². The molecule has 1 unspecified atom stereocenters. The van der Waals surface area contributed by atoms with Crippen LogP contribution in [0.3, 0.4) is 0 Å². The quantitative estimate of drug-likeness (QED) is 0.150. The zero-order valence-electron chi connectivity index (χ0n) is 29.8. The molecule has 3 aromatic carbocycles. The number of thiazole rings is 1. The number of para-hydroxylation sites is 1. The van der Waals surface area contributed by atoms with Crippen molar-refractivity contribution >= 4 is 29.1 Å². The van der Waals surface area contributed by atoms with Gasteiger partial charge in [-0.2, -0.15) is 0 Å². The first-order chi connectivity index (χ1) is 24.8. The fourth-order valence-corrected chi connectivity index (χ4v) is 8.66. The van der Waals surface area contributed by atoms with E-state index in [9.17, 15) is 9.59 Å². The lowest BCUT2D eigenvalue weighted by atomic mass is 9.84. The van der Waals surface area contributed by atoms with Crippen LogP contribution in [0.4, 0.5) is 0 Å². The van der Waals surface area contributed by atoms with E-state index in [0.717, 1.165) is 28.2 Å². The third-order valence-electron chi connectivity index (χ3n) is 10.1. The summed E-state index contributed by atoms with van der Waals surface area (Å²) in [6.07, 6.45) is 8.43. The number of ether oxygens (including phenoxy) is 3. The first kappa shape index (κ1) is 34.3. The minimum atomic E-state index is -0.891. The van der Waals surface area contributed by atoms with Crippen LogP contribution in [0.25, 0.3) is 17.5 Å². The lowest BCUT2D eigenvalue weighted by molar-refractivity contribution is -0.138. The van der Waals surface area contributed by atoms with Crippen LogP contribution in [0.15, 0.2) is 94.2 Å². The zero-order valence-corrected chi connectivity index (χ0v) is 30.6. The largest absolute Gasteiger partial charge is 0.493 e. The van der Waals surface area contributed by atoms with Crippen molar-refractivity contribution in [2.75, 3.05) is 20.8 Å². The molecule has 1 aliphatic carbocycles. The fourth-order valence-electron chi connectivity index (χ4n) is 7.67. The second-order valence-electron chi connectivity index (χ2n) is 13.1. The third kappa shape index (κ3) is 6.35. The Bertz CT molecular complexity index is 2290. The summed E-state index contributed by atoms with van der Waals surface area (Å²) in [4.78, 5) is 34.0. The smallest absolute Gasteiger partial charge is 0.338 e. The Labute approximate surface area is 302 Å². The Morgan fingerprint density at radius 3 is 2.37 bits per heavy atom. The molecule has 0 N–H and O–H groups in total. The Morgan fingerprint density at radius 1 is 0.941 bits per heavy atom. The molecule has 3 heterocycles. The molecule has 51 heavy (non-hydrogen) atoms. The van der Waals surface area contributed by atoms with Gasteiger partial charge in [0.2, 0.25) is 0 Å². The van der Waals surface area contributed by atoms with Gasteiger partial charge in [-0.05, 0) is 81.0 Å². The molecule has 1 aliphatic heterocycles. The highest BCUT2D eigenvalue weighted by Crippen LogP contribution is 2.42. The van der Waals surface area contributed by atoms with Crippen molar-refractivity contribution in [3.63, 3.8) is 0 Å². The molecule has 5 aromatic rings. The highest BCUT2D eigenvalue weighted by molar-refractivity contribution is 7.07. The van der Waals surface area contributed by atoms with Crippen LogP contribution in [0, 0.1) is 13.8 Å². The molecular formula is C42H43N3O5S. The van der Waals surface area contributed by atoms with Crippen molar-refractivity contribution in [1.82, 2.24) is 9.13 Å². The molecule has 0 radical (unpaired) electrons. The van der Waals surface area contributed by atoms with Gasteiger partial charge in [-0.15, -0.1) is 0 Å². The van der Waals surface area contributed by atoms with Gasteiger partial charge in [-0.3, -0.25) is 9.36 Å². The van der Waals surface area contributed by atoms with Crippen molar-refractivity contribution in [3.05, 3.63) is 138 Å². The minimum absolute atomic E-state index is 0.162. The van der Waals surface area contributed by atoms with Gasteiger partial charge in [-0.1, -0.05) is 85.2 Å². The Hall–Kier alpha value is -5.15. The molecule has 262 valence electrons. The van der Waals surface area contributed by atoms with Gasteiger partial charge in [-0.25, -0.2) is 9.79 Å². The summed E-state index contributed by atoms with van der Waals surface area (Å²) >= 11 is 1.30.